The Morgan fingerprint density at radius 3 is 2.14 bits per heavy atom. The van der Waals surface area contributed by atoms with Gasteiger partial charge in [0.15, 0.2) is 0 Å². The molecule has 0 spiro atoms. The molecule has 0 aliphatic heterocycles. The zero-order valence-corrected chi connectivity index (χ0v) is 16.4. The minimum atomic E-state index is -0.998. The first-order chi connectivity index (χ1) is 13.2. The van der Waals surface area contributed by atoms with Gasteiger partial charge in [0.05, 0.1) is 5.41 Å². The van der Waals surface area contributed by atoms with Crippen molar-refractivity contribution < 1.29 is 19.5 Å². The van der Waals surface area contributed by atoms with Crippen LogP contribution >= 0.6 is 0 Å². The maximum Gasteiger partial charge on any atom is 0.313 e. The van der Waals surface area contributed by atoms with E-state index in [2.05, 4.69) is 5.32 Å². The van der Waals surface area contributed by atoms with Crippen molar-refractivity contribution in [1.29, 1.82) is 0 Å². The topological polar surface area (TPSA) is 86.7 Å². The molecule has 0 fully saturated rings. The molecule has 0 saturated heterocycles. The smallest absolute Gasteiger partial charge is 0.313 e. The number of hydrogen-bond donors (Lipinski definition) is 2. The Morgan fingerprint density at radius 2 is 1.61 bits per heavy atom. The molecule has 2 N–H and O–H groups in total. The Morgan fingerprint density at radius 1 is 1.00 bits per heavy atom. The SMILES string of the molecule is CC(=O)N(CCC(=O)Nc1ccc(C(C)(C)C(=O)O)cc1)Cc1ccccc1. The zero-order chi connectivity index (χ0) is 20.7. The number of hydrogen-bond acceptors (Lipinski definition) is 3. The summed E-state index contributed by atoms with van der Waals surface area (Å²) in [4.78, 5) is 37.0. The molecule has 0 heterocycles. The van der Waals surface area contributed by atoms with Gasteiger partial charge in [0.25, 0.3) is 0 Å². The van der Waals surface area contributed by atoms with Crippen LogP contribution in [0.15, 0.2) is 54.6 Å². The minimum Gasteiger partial charge on any atom is -0.481 e. The molecular weight excluding hydrogens is 356 g/mol. The fourth-order valence-corrected chi connectivity index (χ4v) is 2.71. The van der Waals surface area contributed by atoms with E-state index in [-0.39, 0.29) is 18.2 Å². The van der Waals surface area contributed by atoms with E-state index in [1.165, 1.54) is 6.92 Å². The van der Waals surface area contributed by atoms with E-state index in [4.69, 9.17) is 0 Å². The molecule has 0 radical (unpaired) electrons. The van der Waals surface area contributed by atoms with Crippen LogP contribution in [0.25, 0.3) is 0 Å². The summed E-state index contributed by atoms with van der Waals surface area (Å²) in [5.74, 6) is -1.20. The van der Waals surface area contributed by atoms with Crippen LogP contribution < -0.4 is 5.32 Å². The number of carbonyl (C=O) groups excluding carboxylic acids is 2. The molecule has 6 nitrogen and oxygen atoms in total. The molecule has 0 saturated carbocycles. The number of anilines is 1. The molecule has 2 amide bonds. The lowest BCUT2D eigenvalue weighted by atomic mass is 9.85. The molecular formula is C22H26N2O4. The Kier molecular flexibility index (Phi) is 6.93. The largest absolute Gasteiger partial charge is 0.481 e. The summed E-state index contributed by atoms with van der Waals surface area (Å²) in [6.07, 6.45) is 0.175. The molecule has 0 aromatic heterocycles. The van der Waals surface area contributed by atoms with Crippen LogP contribution in [0, 0.1) is 0 Å². The van der Waals surface area contributed by atoms with E-state index >= 15 is 0 Å². The molecule has 28 heavy (non-hydrogen) atoms. The van der Waals surface area contributed by atoms with E-state index in [0.29, 0.717) is 24.3 Å². The fraction of sp³-hybridized carbons (Fsp3) is 0.318. The Bertz CT molecular complexity index is 829. The first-order valence-corrected chi connectivity index (χ1v) is 9.13. The lowest BCUT2D eigenvalue weighted by molar-refractivity contribution is -0.142. The highest BCUT2D eigenvalue weighted by Crippen LogP contribution is 2.24. The summed E-state index contributed by atoms with van der Waals surface area (Å²) in [7, 11) is 0. The average Bonchev–Trinajstić information content (AvgIpc) is 2.66. The standard InChI is InChI=1S/C22H26N2O4/c1-16(25)24(15-17-7-5-4-6-8-17)14-13-20(26)23-19-11-9-18(10-12-19)22(2,3)21(27)28/h4-12H,13-15H2,1-3H3,(H,23,26)(H,27,28). The summed E-state index contributed by atoms with van der Waals surface area (Å²) < 4.78 is 0. The highest BCUT2D eigenvalue weighted by molar-refractivity contribution is 5.91. The normalized spacial score (nSPS) is 11.0. The van der Waals surface area contributed by atoms with Gasteiger partial charge < -0.3 is 15.3 Å². The first kappa shape index (κ1) is 21.2. The predicted molar refractivity (Wildman–Crippen MR) is 108 cm³/mol. The Hall–Kier alpha value is -3.15. The van der Waals surface area contributed by atoms with Crippen molar-refractivity contribution in [2.24, 2.45) is 0 Å². The third kappa shape index (κ3) is 5.67. The number of carbonyl (C=O) groups is 3. The molecule has 2 aromatic carbocycles. The monoisotopic (exact) mass is 382 g/mol. The average molecular weight is 382 g/mol. The molecule has 0 aliphatic carbocycles. The Balaban J connectivity index is 1.92. The van der Waals surface area contributed by atoms with Crippen molar-refractivity contribution in [3.63, 3.8) is 0 Å². The van der Waals surface area contributed by atoms with Crippen LogP contribution in [0.3, 0.4) is 0 Å². The van der Waals surface area contributed by atoms with Crippen molar-refractivity contribution in [2.45, 2.75) is 39.2 Å². The second kappa shape index (κ2) is 9.17. The van der Waals surface area contributed by atoms with Crippen LogP contribution in [-0.4, -0.2) is 34.3 Å². The van der Waals surface area contributed by atoms with Gasteiger partial charge in [-0.3, -0.25) is 14.4 Å². The second-order valence-electron chi connectivity index (χ2n) is 7.23. The third-order valence-corrected chi connectivity index (χ3v) is 4.70. The Labute approximate surface area is 165 Å². The van der Waals surface area contributed by atoms with Crippen molar-refractivity contribution in [3.8, 4) is 0 Å². The number of carboxylic acids is 1. The van der Waals surface area contributed by atoms with E-state index in [1.807, 2.05) is 30.3 Å². The summed E-state index contributed by atoms with van der Waals surface area (Å²) in [6, 6.07) is 16.4. The maximum atomic E-state index is 12.2. The van der Waals surface area contributed by atoms with E-state index in [9.17, 15) is 19.5 Å². The maximum absolute atomic E-state index is 12.2. The number of nitrogens with zero attached hydrogens (tertiary/aromatic N) is 1. The summed E-state index contributed by atoms with van der Waals surface area (Å²) >= 11 is 0. The summed E-state index contributed by atoms with van der Waals surface area (Å²) in [5.41, 5.74) is 1.26. The molecule has 0 atom stereocenters. The van der Waals surface area contributed by atoms with Gasteiger partial charge in [-0.2, -0.15) is 0 Å². The number of nitrogens with one attached hydrogen (secondary N) is 1. The van der Waals surface area contributed by atoms with Gasteiger partial charge in [0.2, 0.25) is 11.8 Å². The molecule has 2 rings (SSSR count). The highest BCUT2D eigenvalue weighted by atomic mass is 16.4. The minimum absolute atomic E-state index is 0.0862. The quantitative estimate of drug-likeness (QED) is 0.732. The van der Waals surface area contributed by atoms with Gasteiger partial charge in [-0.1, -0.05) is 42.5 Å². The lowest BCUT2D eigenvalue weighted by Gasteiger charge is -2.21. The van der Waals surface area contributed by atoms with E-state index in [1.54, 1.807) is 43.0 Å². The fourth-order valence-electron chi connectivity index (χ4n) is 2.71. The van der Waals surface area contributed by atoms with E-state index < -0.39 is 11.4 Å². The van der Waals surface area contributed by atoms with Gasteiger partial charge in [0, 0.05) is 32.1 Å². The number of carboxylic acid groups (broad SMARTS) is 1. The van der Waals surface area contributed by atoms with Gasteiger partial charge >= 0.3 is 5.97 Å². The number of benzene rings is 2. The van der Waals surface area contributed by atoms with Gasteiger partial charge in [-0.25, -0.2) is 0 Å². The van der Waals surface area contributed by atoms with Crippen molar-refractivity contribution in [1.82, 2.24) is 4.90 Å². The third-order valence-electron chi connectivity index (χ3n) is 4.70. The van der Waals surface area contributed by atoms with Crippen molar-refractivity contribution in [3.05, 3.63) is 65.7 Å². The summed E-state index contributed by atoms with van der Waals surface area (Å²) in [5, 5.41) is 12.1. The zero-order valence-electron chi connectivity index (χ0n) is 16.4. The van der Waals surface area contributed by atoms with Crippen LogP contribution in [0.4, 0.5) is 5.69 Å². The number of rotatable bonds is 8. The second-order valence-corrected chi connectivity index (χ2v) is 7.23. The predicted octanol–water partition coefficient (Wildman–Crippen LogP) is 3.43. The van der Waals surface area contributed by atoms with Crippen molar-refractivity contribution >= 4 is 23.5 Å². The van der Waals surface area contributed by atoms with Gasteiger partial charge in [0.1, 0.15) is 0 Å². The molecule has 0 aliphatic rings. The van der Waals surface area contributed by atoms with Crippen LogP contribution in [0.1, 0.15) is 38.3 Å². The van der Waals surface area contributed by atoms with Gasteiger partial charge in [-0.05, 0) is 37.1 Å². The highest BCUT2D eigenvalue weighted by Gasteiger charge is 2.29. The van der Waals surface area contributed by atoms with Crippen molar-refractivity contribution in [2.75, 3.05) is 11.9 Å². The number of amides is 2. The van der Waals surface area contributed by atoms with E-state index in [0.717, 1.165) is 5.56 Å². The number of aliphatic carboxylic acids is 1. The molecule has 2 aromatic rings. The van der Waals surface area contributed by atoms with Gasteiger partial charge in [-0.15, -0.1) is 0 Å². The van der Waals surface area contributed by atoms with Crippen LogP contribution in [-0.2, 0) is 26.3 Å². The first-order valence-electron chi connectivity index (χ1n) is 9.13. The molecule has 0 unspecified atom stereocenters. The molecule has 148 valence electrons. The van der Waals surface area contributed by atoms with Crippen LogP contribution in [0.5, 0.6) is 0 Å². The lowest BCUT2D eigenvalue weighted by Crippen LogP contribution is -2.31. The molecule has 6 heteroatoms. The summed E-state index contributed by atoms with van der Waals surface area (Å²) in [6.45, 7) is 5.53. The van der Waals surface area contributed by atoms with Crippen LogP contribution in [0.2, 0.25) is 0 Å². The molecule has 0 bridgehead atoms.